The van der Waals surface area contributed by atoms with Gasteiger partial charge in [0.1, 0.15) is 0 Å². The standard InChI is InChI=1S/C24H24O2/c1-23(22-15-17-9-5-7-11-19(17)22)21(12-13-26-24(23,2)25-3)20-14-16-8-4-6-10-18(16)20/h4-11,14-15,21H,12-13H2,1-3H3. The van der Waals surface area contributed by atoms with Crippen LogP contribution in [0, 0.1) is 11.3 Å². The SMILES string of the molecule is COC1(C)OCCC(C2=Cc3ccccc32)C1(C)C1=Cc2ccccc21. The van der Waals surface area contributed by atoms with Crippen molar-refractivity contribution in [2.75, 3.05) is 13.7 Å². The van der Waals surface area contributed by atoms with E-state index in [0.29, 0.717) is 5.92 Å². The van der Waals surface area contributed by atoms with E-state index in [-0.39, 0.29) is 5.41 Å². The van der Waals surface area contributed by atoms with Crippen molar-refractivity contribution >= 4 is 23.3 Å². The van der Waals surface area contributed by atoms with Crippen molar-refractivity contribution in [3.63, 3.8) is 0 Å². The first-order valence-electron chi connectivity index (χ1n) is 9.40. The lowest BCUT2D eigenvalue weighted by Gasteiger charge is -2.57. The number of rotatable bonds is 3. The second-order valence-corrected chi connectivity index (χ2v) is 7.87. The maximum atomic E-state index is 6.25. The Labute approximate surface area is 155 Å². The van der Waals surface area contributed by atoms with E-state index in [1.54, 1.807) is 7.11 Å². The molecular formula is C24H24O2. The highest BCUT2D eigenvalue weighted by Gasteiger charge is 2.59. The molecule has 1 saturated heterocycles. The van der Waals surface area contributed by atoms with E-state index in [0.717, 1.165) is 13.0 Å². The third-order valence-electron chi connectivity index (χ3n) is 6.88. The summed E-state index contributed by atoms with van der Waals surface area (Å²) < 4.78 is 12.3. The summed E-state index contributed by atoms with van der Waals surface area (Å²) >= 11 is 0. The summed E-state index contributed by atoms with van der Waals surface area (Å²) in [6.45, 7) is 5.15. The molecule has 0 radical (unpaired) electrons. The molecule has 0 saturated carbocycles. The first-order chi connectivity index (χ1) is 12.6. The highest BCUT2D eigenvalue weighted by Crippen LogP contribution is 2.62. The zero-order valence-electron chi connectivity index (χ0n) is 15.6. The van der Waals surface area contributed by atoms with Gasteiger partial charge in [-0.2, -0.15) is 0 Å². The lowest BCUT2D eigenvalue weighted by Crippen LogP contribution is -2.57. The van der Waals surface area contributed by atoms with Gasteiger partial charge in [-0.05, 0) is 59.7 Å². The van der Waals surface area contributed by atoms with Gasteiger partial charge in [0.05, 0.1) is 12.0 Å². The second kappa shape index (κ2) is 5.42. The Morgan fingerprint density at radius 3 is 2.23 bits per heavy atom. The molecule has 2 aliphatic carbocycles. The molecule has 5 rings (SSSR count). The Balaban J connectivity index is 1.63. The van der Waals surface area contributed by atoms with Crippen molar-refractivity contribution in [1.29, 1.82) is 0 Å². The fourth-order valence-corrected chi connectivity index (χ4v) is 5.09. The number of hydrogen-bond donors (Lipinski definition) is 0. The van der Waals surface area contributed by atoms with Crippen LogP contribution in [0.3, 0.4) is 0 Å². The first kappa shape index (κ1) is 16.0. The van der Waals surface area contributed by atoms with Crippen LogP contribution in [-0.2, 0) is 9.47 Å². The Morgan fingerprint density at radius 1 is 0.923 bits per heavy atom. The first-order valence-corrected chi connectivity index (χ1v) is 9.40. The van der Waals surface area contributed by atoms with Crippen LogP contribution in [0.15, 0.2) is 48.5 Å². The largest absolute Gasteiger partial charge is 0.353 e. The van der Waals surface area contributed by atoms with Gasteiger partial charge in [-0.25, -0.2) is 0 Å². The molecule has 2 aromatic carbocycles. The minimum absolute atomic E-state index is 0.242. The van der Waals surface area contributed by atoms with E-state index in [1.807, 2.05) is 0 Å². The van der Waals surface area contributed by atoms with Crippen molar-refractivity contribution in [3.8, 4) is 0 Å². The van der Waals surface area contributed by atoms with E-state index in [2.05, 4.69) is 74.5 Å². The summed E-state index contributed by atoms with van der Waals surface area (Å²) in [5.41, 5.74) is 7.94. The molecule has 132 valence electrons. The smallest absolute Gasteiger partial charge is 0.175 e. The van der Waals surface area contributed by atoms with Gasteiger partial charge in [0.2, 0.25) is 0 Å². The van der Waals surface area contributed by atoms with Gasteiger partial charge in [-0.15, -0.1) is 0 Å². The summed E-state index contributed by atoms with van der Waals surface area (Å²) in [6.07, 6.45) is 5.68. The van der Waals surface area contributed by atoms with E-state index < -0.39 is 5.79 Å². The molecule has 2 aromatic rings. The summed E-state index contributed by atoms with van der Waals surface area (Å²) in [5.74, 6) is -0.281. The molecule has 3 atom stereocenters. The zero-order chi connectivity index (χ0) is 17.9. The van der Waals surface area contributed by atoms with Crippen molar-refractivity contribution in [3.05, 3.63) is 70.8 Å². The van der Waals surface area contributed by atoms with Crippen molar-refractivity contribution in [2.24, 2.45) is 11.3 Å². The molecule has 0 bridgehead atoms. The van der Waals surface area contributed by atoms with Gasteiger partial charge >= 0.3 is 0 Å². The zero-order valence-corrected chi connectivity index (χ0v) is 15.6. The van der Waals surface area contributed by atoms with E-state index in [9.17, 15) is 0 Å². The average Bonchev–Trinajstić information content (AvgIpc) is 2.61. The predicted molar refractivity (Wildman–Crippen MR) is 106 cm³/mol. The molecule has 1 heterocycles. The molecule has 0 amide bonds. The lowest BCUT2D eigenvalue weighted by molar-refractivity contribution is -0.286. The minimum Gasteiger partial charge on any atom is -0.353 e. The van der Waals surface area contributed by atoms with Gasteiger partial charge < -0.3 is 9.47 Å². The van der Waals surface area contributed by atoms with Crippen LogP contribution in [0.25, 0.3) is 23.3 Å². The highest BCUT2D eigenvalue weighted by molar-refractivity contribution is 6.02. The van der Waals surface area contributed by atoms with Gasteiger partial charge in [0.15, 0.2) is 5.79 Å². The van der Waals surface area contributed by atoms with Crippen LogP contribution >= 0.6 is 0 Å². The number of ether oxygens (including phenoxy) is 2. The van der Waals surface area contributed by atoms with E-state index in [4.69, 9.17) is 9.47 Å². The van der Waals surface area contributed by atoms with E-state index in [1.165, 1.54) is 33.4 Å². The number of methoxy groups -OCH3 is 1. The number of fused-ring (bicyclic) bond motifs is 2. The summed E-state index contributed by atoms with van der Waals surface area (Å²) in [6, 6.07) is 17.3. The van der Waals surface area contributed by atoms with Gasteiger partial charge in [0, 0.05) is 13.0 Å². The molecule has 1 fully saturated rings. The van der Waals surface area contributed by atoms with Gasteiger partial charge in [0.25, 0.3) is 0 Å². The number of hydrogen-bond acceptors (Lipinski definition) is 2. The van der Waals surface area contributed by atoms with Crippen molar-refractivity contribution in [2.45, 2.75) is 26.1 Å². The van der Waals surface area contributed by atoms with Gasteiger partial charge in [-0.3, -0.25) is 0 Å². The van der Waals surface area contributed by atoms with Crippen molar-refractivity contribution < 1.29 is 9.47 Å². The monoisotopic (exact) mass is 344 g/mol. The molecule has 0 N–H and O–H groups in total. The molecule has 26 heavy (non-hydrogen) atoms. The second-order valence-electron chi connectivity index (χ2n) is 7.87. The maximum Gasteiger partial charge on any atom is 0.175 e. The lowest BCUT2D eigenvalue weighted by atomic mass is 9.55. The highest BCUT2D eigenvalue weighted by atomic mass is 16.7. The molecule has 3 unspecified atom stereocenters. The van der Waals surface area contributed by atoms with Crippen LogP contribution in [-0.4, -0.2) is 19.5 Å². The molecule has 3 aliphatic rings. The van der Waals surface area contributed by atoms with Crippen LogP contribution in [0.1, 0.15) is 42.5 Å². The van der Waals surface area contributed by atoms with Gasteiger partial charge in [-0.1, -0.05) is 54.6 Å². The molecule has 0 spiro atoms. The summed E-state index contributed by atoms with van der Waals surface area (Å²) in [7, 11) is 1.77. The van der Waals surface area contributed by atoms with Crippen molar-refractivity contribution in [1.82, 2.24) is 0 Å². The fourth-order valence-electron chi connectivity index (χ4n) is 5.09. The Bertz CT molecular complexity index is 954. The molecule has 2 heteroatoms. The summed E-state index contributed by atoms with van der Waals surface area (Å²) in [4.78, 5) is 0. The maximum absolute atomic E-state index is 6.25. The Morgan fingerprint density at radius 2 is 1.58 bits per heavy atom. The average molecular weight is 344 g/mol. The van der Waals surface area contributed by atoms with Crippen LogP contribution < -0.4 is 0 Å². The number of allylic oxidation sites excluding steroid dienone is 1. The fraction of sp³-hybridized carbons (Fsp3) is 0.333. The quantitative estimate of drug-likeness (QED) is 0.732. The third kappa shape index (κ3) is 1.89. The predicted octanol–water partition coefficient (Wildman–Crippen LogP) is 5.50. The molecule has 1 aliphatic heterocycles. The topological polar surface area (TPSA) is 18.5 Å². The number of benzene rings is 2. The minimum atomic E-state index is -0.652. The third-order valence-corrected chi connectivity index (χ3v) is 6.88. The Hall–Kier alpha value is -2.16. The molecule has 0 aromatic heterocycles. The normalized spacial score (nSPS) is 31.7. The molecular weight excluding hydrogens is 320 g/mol. The summed E-state index contributed by atoms with van der Waals surface area (Å²) in [5, 5.41) is 0. The van der Waals surface area contributed by atoms with Crippen LogP contribution in [0.5, 0.6) is 0 Å². The van der Waals surface area contributed by atoms with E-state index >= 15 is 0 Å². The van der Waals surface area contributed by atoms with Crippen LogP contribution in [0.2, 0.25) is 0 Å². The molecule has 2 nitrogen and oxygen atoms in total. The van der Waals surface area contributed by atoms with Crippen LogP contribution in [0.4, 0.5) is 0 Å². The Kier molecular flexibility index (Phi) is 3.34.